The summed E-state index contributed by atoms with van der Waals surface area (Å²) in [6, 6.07) is 13.7. The Bertz CT molecular complexity index is 1570. The third-order valence-electron chi connectivity index (χ3n) is 10.9. The number of rotatable bonds is 17. The van der Waals surface area contributed by atoms with Crippen molar-refractivity contribution in [3.63, 3.8) is 0 Å². The number of likely N-dealkylation sites (tertiary alicyclic amines) is 1. The Morgan fingerprint density at radius 2 is 1.74 bits per heavy atom. The second-order valence-corrected chi connectivity index (χ2v) is 14.9. The molecule has 286 valence electrons. The zero-order chi connectivity index (χ0) is 37.6. The smallest absolute Gasteiger partial charge is 0.252 e. The van der Waals surface area contributed by atoms with Crippen LogP contribution in [-0.4, -0.2) is 90.8 Å². The van der Waals surface area contributed by atoms with Gasteiger partial charge in [-0.1, -0.05) is 55.7 Å². The van der Waals surface area contributed by atoms with Gasteiger partial charge in [0.1, 0.15) is 6.04 Å². The van der Waals surface area contributed by atoms with E-state index < -0.39 is 41.8 Å². The van der Waals surface area contributed by atoms with Crippen molar-refractivity contribution in [1.29, 1.82) is 0 Å². The highest BCUT2D eigenvalue weighted by Crippen LogP contribution is 2.33. The van der Waals surface area contributed by atoms with Gasteiger partial charge in [-0.15, -0.1) is 0 Å². The molecule has 12 nitrogen and oxygen atoms in total. The topological polar surface area (TPSA) is 175 Å². The summed E-state index contributed by atoms with van der Waals surface area (Å²) in [5, 5.41) is 14.4. The van der Waals surface area contributed by atoms with Gasteiger partial charge in [-0.05, 0) is 81.4 Å². The minimum atomic E-state index is -1.11. The highest BCUT2D eigenvalue weighted by Gasteiger charge is 2.40. The molecular weight excluding hydrogens is 670 g/mol. The molecule has 0 radical (unpaired) electrons. The number of nitrogens with zero attached hydrogens (tertiary/aromatic N) is 4. The number of aromatic nitrogens is 3. The maximum Gasteiger partial charge on any atom is 0.252 e. The van der Waals surface area contributed by atoms with Crippen LogP contribution in [-0.2, 0) is 38.4 Å². The largest absolute Gasteiger partial charge is 0.393 e. The van der Waals surface area contributed by atoms with Crippen LogP contribution < -0.4 is 11.1 Å². The summed E-state index contributed by atoms with van der Waals surface area (Å²) in [5.74, 6) is -2.21. The van der Waals surface area contributed by atoms with Crippen molar-refractivity contribution in [2.45, 2.75) is 121 Å². The van der Waals surface area contributed by atoms with Gasteiger partial charge in [-0.2, -0.15) is 0 Å². The van der Waals surface area contributed by atoms with Crippen LogP contribution in [0.3, 0.4) is 0 Å². The predicted molar refractivity (Wildman–Crippen MR) is 202 cm³/mol. The van der Waals surface area contributed by atoms with Gasteiger partial charge in [0, 0.05) is 68.7 Å². The molecule has 2 aliphatic rings. The number of aliphatic hydroxyl groups excluding tert-OH is 1. The van der Waals surface area contributed by atoms with Crippen LogP contribution in [0.2, 0.25) is 0 Å². The summed E-state index contributed by atoms with van der Waals surface area (Å²) in [6.45, 7) is 2.48. The van der Waals surface area contributed by atoms with E-state index in [1.807, 2.05) is 48.5 Å². The number of nitrogens with one attached hydrogen (secondary N) is 2. The lowest BCUT2D eigenvalue weighted by Gasteiger charge is -2.40. The first-order chi connectivity index (χ1) is 25.7. The van der Waals surface area contributed by atoms with Gasteiger partial charge in [0.2, 0.25) is 17.7 Å². The van der Waals surface area contributed by atoms with Gasteiger partial charge < -0.3 is 26.0 Å². The minimum Gasteiger partial charge on any atom is -0.393 e. The van der Waals surface area contributed by atoms with Crippen molar-refractivity contribution in [2.75, 3.05) is 13.1 Å². The van der Waals surface area contributed by atoms with E-state index in [-0.39, 0.29) is 37.1 Å². The molecular formula is C41H57N7O5. The molecule has 3 aromatic rings. The van der Waals surface area contributed by atoms with E-state index in [0.717, 1.165) is 49.8 Å². The number of amides is 4. The van der Waals surface area contributed by atoms with E-state index in [1.54, 1.807) is 17.3 Å². The molecule has 4 amide bonds. The predicted octanol–water partition coefficient (Wildman–Crippen LogP) is 4.13. The Kier molecular flexibility index (Phi) is 15.1. The lowest BCUT2D eigenvalue weighted by molar-refractivity contribution is -0.152. The van der Waals surface area contributed by atoms with E-state index in [2.05, 4.69) is 20.3 Å². The Hall–Kier alpha value is -4.42. The standard InChI is InChI=1S/C41H57N7O5/c1-29(49)48(38(31-13-6-3-7-14-31)26-36(50)17-10-16-34-15-8-9-20-44-34)41(53)37(25-35-27-43-28-45-35)46-40(52)32(23-30-11-4-2-5-12-30)24-39(51)47-21-18-33(42)19-22-47/h2,4-5,8-9,11-12,15,20,27-28,31-33,36-38,50H,3,6-7,10,13-14,16-19,21-26,42H2,1H3,(H,43,45)(H,46,52)/t32-,36+,37+,38?/m1/s1. The molecule has 53 heavy (non-hydrogen) atoms. The molecule has 3 heterocycles. The third kappa shape index (κ3) is 12.0. The Morgan fingerprint density at radius 3 is 2.40 bits per heavy atom. The molecule has 2 fully saturated rings. The molecule has 1 aliphatic carbocycles. The molecule has 12 heteroatoms. The van der Waals surface area contributed by atoms with Crippen molar-refractivity contribution in [2.24, 2.45) is 17.6 Å². The molecule has 4 atom stereocenters. The quantitative estimate of drug-likeness (QED) is 0.161. The fraction of sp³-hybridized carbons (Fsp3) is 0.561. The summed E-state index contributed by atoms with van der Waals surface area (Å²) < 4.78 is 0. The van der Waals surface area contributed by atoms with Crippen molar-refractivity contribution in [3.05, 3.63) is 84.2 Å². The number of hydrogen-bond donors (Lipinski definition) is 4. The summed E-state index contributed by atoms with van der Waals surface area (Å²) in [5.41, 5.74) is 8.56. The van der Waals surface area contributed by atoms with E-state index in [1.165, 1.54) is 18.2 Å². The van der Waals surface area contributed by atoms with Crippen molar-refractivity contribution in [1.82, 2.24) is 30.1 Å². The zero-order valence-electron chi connectivity index (χ0n) is 31.1. The number of carbonyl (C=O) groups is 4. The second kappa shape index (κ2) is 20.1. The number of H-pyrrole nitrogens is 1. The third-order valence-corrected chi connectivity index (χ3v) is 10.9. The summed E-state index contributed by atoms with van der Waals surface area (Å²) in [7, 11) is 0. The molecule has 0 spiro atoms. The highest BCUT2D eigenvalue weighted by atomic mass is 16.3. The number of aliphatic hydroxyl groups is 1. The van der Waals surface area contributed by atoms with E-state index in [9.17, 15) is 24.3 Å². The van der Waals surface area contributed by atoms with Crippen LogP contribution in [0.5, 0.6) is 0 Å². The number of pyridine rings is 1. The molecule has 1 aromatic carbocycles. The molecule has 1 saturated carbocycles. The first kappa shape index (κ1) is 39.8. The SMILES string of the molecule is CC(=O)N(C(=O)[C@H](Cc1cnc[nH]1)NC(=O)[C@@H](CC(=O)N1CCC(N)CC1)Cc1ccccc1)C(C[C@@H](O)CCCc1ccccn1)C1CCCCC1. The average Bonchev–Trinajstić information content (AvgIpc) is 3.68. The zero-order valence-corrected chi connectivity index (χ0v) is 31.1. The number of imide groups is 1. The summed E-state index contributed by atoms with van der Waals surface area (Å²) >= 11 is 0. The number of nitrogens with two attached hydrogens (primary N) is 1. The average molecular weight is 728 g/mol. The van der Waals surface area contributed by atoms with E-state index in [4.69, 9.17) is 5.73 Å². The van der Waals surface area contributed by atoms with Crippen LogP contribution in [0.1, 0.15) is 94.5 Å². The van der Waals surface area contributed by atoms with Crippen molar-refractivity contribution in [3.8, 4) is 0 Å². The number of aryl methyl sites for hydroxylation is 1. The maximum absolute atomic E-state index is 14.8. The lowest BCUT2D eigenvalue weighted by atomic mass is 9.80. The van der Waals surface area contributed by atoms with E-state index in [0.29, 0.717) is 50.9 Å². The fourth-order valence-electron chi connectivity index (χ4n) is 7.96. The number of benzene rings is 1. The van der Waals surface area contributed by atoms with Crippen molar-refractivity contribution < 1.29 is 24.3 Å². The van der Waals surface area contributed by atoms with Crippen LogP contribution in [0.4, 0.5) is 0 Å². The molecule has 0 bridgehead atoms. The number of carbonyl (C=O) groups excluding carboxylic acids is 4. The number of aromatic amines is 1. The molecule has 5 rings (SSSR count). The van der Waals surface area contributed by atoms with Crippen LogP contribution in [0.25, 0.3) is 0 Å². The number of imidazole rings is 1. The fourth-order valence-corrected chi connectivity index (χ4v) is 7.96. The number of piperidine rings is 1. The first-order valence-corrected chi connectivity index (χ1v) is 19.4. The molecule has 2 aromatic heterocycles. The van der Waals surface area contributed by atoms with E-state index >= 15 is 0 Å². The van der Waals surface area contributed by atoms with Gasteiger partial charge in [0.15, 0.2) is 0 Å². The Balaban J connectivity index is 1.37. The Labute approximate surface area is 313 Å². The van der Waals surface area contributed by atoms with Gasteiger partial charge >= 0.3 is 0 Å². The number of hydrogen-bond acceptors (Lipinski definition) is 8. The second-order valence-electron chi connectivity index (χ2n) is 14.9. The van der Waals surface area contributed by atoms with Gasteiger partial charge in [-0.3, -0.25) is 29.1 Å². The summed E-state index contributed by atoms with van der Waals surface area (Å²) in [4.78, 5) is 70.9. The molecule has 1 aliphatic heterocycles. The highest BCUT2D eigenvalue weighted by molar-refractivity contribution is 5.99. The lowest BCUT2D eigenvalue weighted by Crippen LogP contribution is -2.57. The normalized spacial score (nSPS) is 17.8. The summed E-state index contributed by atoms with van der Waals surface area (Å²) in [6.07, 6.45) is 12.9. The van der Waals surface area contributed by atoms with Gasteiger partial charge in [0.25, 0.3) is 5.91 Å². The van der Waals surface area contributed by atoms with Crippen molar-refractivity contribution >= 4 is 23.6 Å². The van der Waals surface area contributed by atoms with Gasteiger partial charge in [-0.25, -0.2) is 4.98 Å². The minimum absolute atomic E-state index is 0.0211. The maximum atomic E-state index is 14.8. The molecule has 1 unspecified atom stereocenters. The monoisotopic (exact) mass is 727 g/mol. The van der Waals surface area contributed by atoms with Crippen LogP contribution in [0, 0.1) is 11.8 Å². The Morgan fingerprint density at radius 1 is 1.00 bits per heavy atom. The first-order valence-electron chi connectivity index (χ1n) is 19.4. The van der Waals surface area contributed by atoms with Crippen LogP contribution >= 0.6 is 0 Å². The molecule has 1 saturated heterocycles. The van der Waals surface area contributed by atoms with Gasteiger partial charge in [0.05, 0.1) is 18.3 Å². The molecule has 5 N–H and O–H groups in total. The van der Waals surface area contributed by atoms with Crippen LogP contribution in [0.15, 0.2) is 67.3 Å².